The Bertz CT molecular complexity index is 321. The molecule has 1 saturated heterocycles. The molecule has 0 radical (unpaired) electrons. The van der Waals surface area contributed by atoms with Crippen LogP contribution in [0.25, 0.3) is 0 Å². The van der Waals surface area contributed by atoms with E-state index in [9.17, 15) is 0 Å². The summed E-state index contributed by atoms with van der Waals surface area (Å²) in [5.41, 5.74) is 2.93. The predicted octanol–water partition coefficient (Wildman–Crippen LogP) is 1.83. The third-order valence-electron chi connectivity index (χ3n) is 3.72. The molecule has 1 saturated carbocycles. The molecule has 0 unspecified atom stereocenters. The maximum Gasteiger partial charge on any atom is 0.0524 e. The maximum atomic E-state index is 4.21. The molecule has 0 bridgehead atoms. The Labute approximate surface area is 90.7 Å². The average Bonchev–Trinajstić information content (AvgIpc) is 3.02. The molecule has 15 heavy (non-hydrogen) atoms. The molecule has 1 aliphatic heterocycles. The van der Waals surface area contributed by atoms with Crippen molar-refractivity contribution in [3.8, 4) is 0 Å². The zero-order valence-corrected chi connectivity index (χ0v) is 9.13. The number of aromatic nitrogens is 2. The lowest BCUT2D eigenvalue weighted by Crippen LogP contribution is -2.28. The van der Waals surface area contributed by atoms with Gasteiger partial charge in [0.2, 0.25) is 0 Å². The first-order valence-electron chi connectivity index (χ1n) is 6.16. The Hall–Kier alpha value is -0.830. The van der Waals surface area contributed by atoms with E-state index >= 15 is 0 Å². The van der Waals surface area contributed by atoms with Crippen molar-refractivity contribution in [3.63, 3.8) is 0 Å². The second kappa shape index (κ2) is 3.97. The molecule has 3 heteroatoms. The van der Waals surface area contributed by atoms with Crippen LogP contribution in [0.1, 0.15) is 42.9 Å². The Balaban J connectivity index is 1.67. The monoisotopic (exact) mass is 205 g/mol. The lowest BCUT2D eigenvalue weighted by atomic mass is 9.91. The van der Waals surface area contributed by atoms with Crippen molar-refractivity contribution < 1.29 is 0 Å². The number of nitrogens with zero attached hydrogens (tertiary/aromatic N) is 1. The van der Waals surface area contributed by atoms with Crippen LogP contribution >= 0.6 is 0 Å². The van der Waals surface area contributed by atoms with Crippen LogP contribution in [0.5, 0.6) is 0 Å². The molecule has 2 aliphatic rings. The topological polar surface area (TPSA) is 40.7 Å². The summed E-state index contributed by atoms with van der Waals surface area (Å²) in [5.74, 6) is 1.70. The van der Waals surface area contributed by atoms with Gasteiger partial charge in [-0.2, -0.15) is 5.10 Å². The van der Waals surface area contributed by atoms with E-state index in [1.165, 1.54) is 56.5 Å². The summed E-state index contributed by atoms with van der Waals surface area (Å²) in [7, 11) is 0. The fourth-order valence-electron chi connectivity index (χ4n) is 2.61. The minimum absolute atomic E-state index is 0.834. The Morgan fingerprint density at radius 2 is 2.00 bits per heavy atom. The molecule has 1 aromatic rings. The third kappa shape index (κ3) is 2.07. The predicted molar refractivity (Wildman–Crippen MR) is 59.9 cm³/mol. The van der Waals surface area contributed by atoms with Gasteiger partial charge in [-0.05, 0) is 62.6 Å². The summed E-state index contributed by atoms with van der Waals surface area (Å²) in [6, 6.07) is 0. The second-order valence-electron chi connectivity index (χ2n) is 4.98. The summed E-state index contributed by atoms with van der Waals surface area (Å²) in [4.78, 5) is 0. The van der Waals surface area contributed by atoms with Crippen LogP contribution in [0.4, 0.5) is 0 Å². The minimum atomic E-state index is 0.834. The first-order valence-corrected chi connectivity index (χ1v) is 6.16. The molecule has 1 aromatic heterocycles. The molecule has 1 aliphatic carbocycles. The van der Waals surface area contributed by atoms with Gasteiger partial charge >= 0.3 is 0 Å². The van der Waals surface area contributed by atoms with Crippen molar-refractivity contribution in [1.82, 2.24) is 15.5 Å². The lowest BCUT2D eigenvalue weighted by Gasteiger charge is -2.22. The molecule has 3 nitrogen and oxygen atoms in total. The number of aromatic amines is 1. The normalized spacial score (nSPS) is 23.2. The van der Waals surface area contributed by atoms with Crippen LogP contribution in [-0.2, 0) is 6.42 Å². The number of piperidine rings is 1. The zero-order valence-electron chi connectivity index (χ0n) is 9.13. The van der Waals surface area contributed by atoms with Gasteiger partial charge < -0.3 is 5.32 Å². The molecule has 2 fully saturated rings. The SMILES string of the molecule is c1n[nH]c(CC2CCNCC2)c1C1CC1. The molecule has 2 heterocycles. The molecule has 0 aromatic carbocycles. The zero-order chi connectivity index (χ0) is 10.1. The van der Waals surface area contributed by atoms with Crippen molar-refractivity contribution in [3.05, 3.63) is 17.5 Å². The van der Waals surface area contributed by atoms with Gasteiger partial charge in [-0.15, -0.1) is 0 Å². The molecule has 0 atom stereocenters. The van der Waals surface area contributed by atoms with Crippen LogP contribution < -0.4 is 5.32 Å². The van der Waals surface area contributed by atoms with Crippen LogP contribution in [0.3, 0.4) is 0 Å². The van der Waals surface area contributed by atoms with Gasteiger partial charge in [-0.25, -0.2) is 0 Å². The Morgan fingerprint density at radius 1 is 1.20 bits per heavy atom. The van der Waals surface area contributed by atoms with Crippen LogP contribution in [0.15, 0.2) is 6.20 Å². The summed E-state index contributed by atoms with van der Waals surface area (Å²) >= 11 is 0. The minimum Gasteiger partial charge on any atom is -0.317 e. The average molecular weight is 205 g/mol. The third-order valence-corrected chi connectivity index (χ3v) is 3.72. The highest BCUT2D eigenvalue weighted by atomic mass is 15.1. The van der Waals surface area contributed by atoms with Crippen molar-refractivity contribution >= 4 is 0 Å². The number of hydrogen-bond donors (Lipinski definition) is 2. The van der Waals surface area contributed by atoms with Crippen molar-refractivity contribution in [2.24, 2.45) is 5.92 Å². The van der Waals surface area contributed by atoms with E-state index in [-0.39, 0.29) is 0 Å². The summed E-state index contributed by atoms with van der Waals surface area (Å²) in [6.07, 6.45) is 8.66. The highest BCUT2D eigenvalue weighted by Gasteiger charge is 2.28. The largest absolute Gasteiger partial charge is 0.317 e. The van der Waals surface area contributed by atoms with Gasteiger partial charge in [0.25, 0.3) is 0 Å². The smallest absolute Gasteiger partial charge is 0.0524 e. The van der Waals surface area contributed by atoms with E-state index < -0.39 is 0 Å². The van der Waals surface area contributed by atoms with Crippen LogP contribution in [0, 0.1) is 5.92 Å². The highest BCUT2D eigenvalue weighted by Crippen LogP contribution is 2.41. The second-order valence-corrected chi connectivity index (χ2v) is 4.98. The van der Waals surface area contributed by atoms with Gasteiger partial charge in [0.15, 0.2) is 0 Å². The molecular weight excluding hydrogens is 186 g/mol. The van der Waals surface area contributed by atoms with Gasteiger partial charge in [0.05, 0.1) is 6.20 Å². The quantitative estimate of drug-likeness (QED) is 0.790. The first-order chi connectivity index (χ1) is 7.43. The van der Waals surface area contributed by atoms with Crippen molar-refractivity contribution in [2.45, 2.75) is 38.0 Å². The lowest BCUT2D eigenvalue weighted by molar-refractivity contribution is 0.369. The van der Waals surface area contributed by atoms with E-state index in [4.69, 9.17) is 0 Å². The standard InChI is InChI=1S/C12H19N3/c1-2-10(1)11-8-14-15-12(11)7-9-3-5-13-6-4-9/h8-10,13H,1-7H2,(H,14,15). The number of hydrogen-bond acceptors (Lipinski definition) is 2. The number of rotatable bonds is 3. The molecule has 0 spiro atoms. The maximum absolute atomic E-state index is 4.21. The Kier molecular flexibility index (Phi) is 2.49. The van der Waals surface area contributed by atoms with Gasteiger partial charge in [-0.3, -0.25) is 5.10 Å². The fourth-order valence-corrected chi connectivity index (χ4v) is 2.61. The molecule has 2 N–H and O–H groups in total. The molecule has 3 rings (SSSR count). The molecule has 0 amide bonds. The Morgan fingerprint density at radius 3 is 2.73 bits per heavy atom. The summed E-state index contributed by atoms with van der Waals surface area (Å²) in [6.45, 7) is 2.38. The molecule has 82 valence electrons. The first kappa shape index (κ1) is 9.40. The highest BCUT2D eigenvalue weighted by molar-refractivity contribution is 5.25. The van der Waals surface area contributed by atoms with Crippen molar-refractivity contribution in [1.29, 1.82) is 0 Å². The van der Waals surface area contributed by atoms with Crippen LogP contribution in [-0.4, -0.2) is 23.3 Å². The van der Waals surface area contributed by atoms with Gasteiger partial charge in [-0.1, -0.05) is 0 Å². The van der Waals surface area contributed by atoms with E-state index in [1.807, 2.05) is 6.20 Å². The van der Waals surface area contributed by atoms with Gasteiger partial charge in [0, 0.05) is 5.69 Å². The summed E-state index contributed by atoms with van der Waals surface area (Å²) < 4.78 is 0. The van der Waals surface area contributed by atoms with E-state index in [0.717, 1.165) is 11.8 Å². The summed E-state index contributed by atoms with van der Waals surface area (Å²) in [5, 5.41) is 10.8. The van der Waals surface area contributed by atoms with E-state index in [0.29, 0.717) is 0 Å². The number of nitrogens with one attached hydrogen (secondary N) is 2. The van der Waals surface area contributed by atoms with E-state index in [1.54, 1.807) is 0 Å². The number of H-pyrrole nitrogens is 1. The van der Waals surface area contributed by atoms with Crippen molar-refractivity contribution in [2.75, 3.05) is 13.1 Å². The van der Waals surface area contributed by atoms with Crippen LogP contribution in [0.2, 0.25) is 0 Å². The van der Waals surface area contributed by atoms with Gasteiger partial charge in [0.1, 0.15) is 0 Å². The molecular formula is C12H19N3. The fraction of sp³-hybridized carbons (Fsp3) is 0.750. The van der Waals surface area contributed by atoms with E-state index in [2.05, 4.69) is 15.5 Å².